The minimum absolute atomic E-state index is 0.120. The molecule has 0 radical (unpaired) electrons. The maximum Gasteiger partial charge on any atom is 0.296 e. The second-order valence-electron chi connectivity index (χ2n) is 7.94. The lowest BCUT2D eigenvalue weighted by atomic mass is 10.1. The molecule has 1 fully saturated rings. The van der Waals surface area contributed by atoms with Gasteiger partial charge in [0.2, 0.25) is 11.9 Å². The molecular formula is C24H23F2N7O2. The van der Waals surface area contributed by atoms with E-state index in [4.69, 9.17) is 15.5 Å². The van der Waals surface area contributed by atoms with E-state index in [0.29, 0.717) is 60.5 Å². The minimum atomic E-state index is -2.79. The molecule has 3 N–H and O–H groups in total. The zero-order valence-corrected chi connectivity index (χ0v) is 18.7. The highest BCUT2D eigenvalue weighted by atomic mass is 19.3. The molecule has 0 saturated carbocycles. The molecule has 9 nitrogen and oxygen atoms in total. The summed E-state index contributed by atoms with van der Waals surface area (Å²) < 4.78 is 34.8. The summed E-state index contributed by atoms with van der Waals surface area (Å²) in [6.45, 7) is 2.09. The number of morpholine rings is 1. The summed E-state index contributed by atoms with van der Waals surface area (Å²) >= 11 is 0. The summed E-state index contributed by atoms with van der Waals surface area (Å²) in [5.74, 6) is 0.0205. The lowest BCUT2D eigenvalue weighted by molar-refractivity contribution is -0.114. The average molecular weight is 479 g/mol. The van der Waals surface area contributed by atoms with Crippen LogP contribution in [0, 0.1) is 0 Å². The zero-order valence-electron chi connectivity index (χ0n) is 18.7. The predicted molar refractivity (Wildman–Crippen MR) is 128 cm³/mol. The molecule has 0 aliphatic carbocycles. The normalized spacial score (nSPS) is 14.0. The minimum Gasteiger partial charge on any atom is -0.378 e. The number of alkyl halides is 2. The number of hydrogen-bond donors (Lipinski definition) is 2. The lowest BCUT2D eigenvalue weighted by Crippen LogP contribution is -2.37. The third-order valence-corrected chi connectivity index (χ3v) is 5.66. The van der Waals surface area contributed by atoms with Gasteiger partial charge in [0.05, 0.1) is 36.5 Å². The summed E-state index contributed by atoms with van der Waals surface area (Å²) in [5, 5.41) is 2.69. The number of aromatic nitrogens is 4. The van der Waals surface area contributed by atoms with E-state index < -0.39 is 6.43 Å². The topological polar surface area (TPSA) is 111 Å². The summed E-state index contributed by atoms with van der Waals surface area (Å²) in [6.07, 6.45) is -2.79. The van der Waals surface area contributed by atoms with Crippen LogP contribution >= 0.6 is 0 Å². The van der Waals surface area contributed by atoms with Gasteiger partial charge in [0.15, 0.2) is 5.82 Å². The number of imidazole rings is 1. The number of nitrogens with one attached hydrogen (secondary N) is 1. The Bertz CT molecular complexity index is 1350. The van der Waals surface area contributed by atoms with E-state index in [0.717, 1.165) is 5.56 Å². The molecule has 0 atom stereocenters. The summed E-state index contributed by atoms with van der Waals surface area (Å²) in [5.41, 5.74) is 8.21. The molecule has 2 aromatic heterocycles. The Kier molecular flexibility index (Phi) is 6.34. The van der Waals surface area contributed by atoms with Gasteiger partial charge in [-0.1, -0.05) is 24.3 Å². The smallest absolute Gasteiger partial charge is 0.296 e. The van der Waals surface area contributed by atoms with Gasteiger partial charge in [0.25, 0.3) is 6.43 Å². The second kappa shape index (κ2) is 9.72. The SMILES string of the molecule is NCC(=O)Nc1ccc(-c2cc(-n3c(C(F)F)nc4ccccc43)nc(N3CCOCC3)n2)cc1. The number of ether oxygens (including phenoxy) is 1. The Balaban J connectivity index is 1.64. The van der Waals surface area contributed by atoms with Gasteiger partial charge in [-0.05, 0) is 24.3 Å². The Hall–Kier alpha value is -3.96. The molecule has 0 spiro atoms. The maximum absolute atomic E-state index is 14.0. The van der Waals surface area contributed by atoms with Gasteiger partial charge < -0.3 is 20.7 Å². The number of hydrogen-bond acceptors (Lipinski definition) is 7. The van der Waals surface area contributed by atoms with Gasteiger partial charge in [0.1, 0.15) is 5.82 Å². The van der Waals surface area contributed by atoms with Gasteiger partial charge >= 0.3 is 0 Å². The van der Waals surface area contributed by atoms with Crippen molar-refractivity contribution in [2.45, 2.75) is 6.43 Å². The van der Waals surface area contributed by atoms with Crippen molar-refractivity contribution in [3.63, 3.8) is 0 Å². The number of rotatable bonds is 6. The molecular weight excluding hydrogens is 456 g/mol. The van der Waals surface area contributed by atoms with E-state index in [1.54, 1.807) is 54.6 Å². The first-order chi connectivity index (χ1) is 17.0. The summed E-state index contributed by atoms with van der Waals surface area (Å²) in [7, 11) is 0. The number of carbonyl (C=O) groups is 1. The number of nitrogens with zero attached hydrogens (tertiary/aromatic N) is 5. The van der Waals surface area contributed by atoms with Gasteiger partial charge in [-0.25, -0.2) is 18.7 Å². The number of para-hydroxylation sites is 2. The largest absolute Gasteiger partial charge is 0.378 e. The van der Waals surface area contributed by atoms with Crippen LogP contribution in [-0.4, -0.2) is 58.3 Å². The van der Waals surface area contributed by atoms with Crippen molar-refractivity contribution in [3.05, 3.63) is 60.4 Å². The van der Waals surface area contributed by atoms with Crippen LogP contribution in [0.2, 0.25) is 0 Å². The van der Waals surface area contributed by atoms with Crippen molar-refractivity contribution in [2.75, 3.05) is 43.1 Å². The molecule has 180 valence electrons. The van der Waals surface area contributed by atoms with Crippen LogP contribution in [0.5, 0.6) is 0 Å². The highest BCUT2D eigenvalue weighted by molar-refractivity contribution is 5.92. The number of amides is 1. The second-order valence-corrected chi connectivity index (χ2v) is 7.94. The third kappa shape index (κ3) is 4.68. The van der Waals surface area contributed by atoms with E-state index in [1.165, 1.54) is 4.57 Å². The quantitative estimate of drug-likeness (QED) is 0.437. The fraction of sp³-hybridized carbons (Fsp3) is 0.250. The van der Waals surface area contributed by atoms with Crippen molar-refractivity contribution >= 4 is 28.6 Å². The van der Waals surface area contributed by atoms with Crippen molar-refractivity contribution in [2.24, 2.45) is 5.73 Å². The summed E-state index contributed by atoms with van der Waals surface area (Å²) in [4.78, 5) is 27.1. The van der Waals surface area contributed by atoms with E-state index in [9.17, 15) is 13.6 Å². The van der Waals surface area contributed by atoms with Crippen LogP contribution in [-0.2, 0) is 9.53 Å². The van der Waals surface area contributed by atoms with E-state index >= 15 is 0 Å². The van der Waals surface area contributed by atoms with Crippen molar-refractivity contribution in [1.29, 1.82) is 0 Å². The number of nitrogens with two attached hydrogens (primary N) is 1. The highest BCUT2D eigenvalue weighted by Gasteiger charge is 2.23. The number of fused-ring (bicyclic) bond motifs is 1. The van der Waals surface area contributed by atoms with Gasteiger partial charge in [-0.15, -0.1) is 0 Å². The van der Waals surface area contributed by atoms with Crippen LogP contribution in [0.15, 0.2) is 54.6 Å². The Morgan fingerprint density at radius 3 is 2.51 bits per heavy atom. The van der Waals surface area contributed by atoms with Gasteiger partial charge in [-0.2, -0.15) is 4.98 Å². The first-order valence-electron chi connectivity index (χ1n) is 11.1. The average Bonchev–Trinajstić information content (AvgIpc) is 3.29. The molecule has 3 heterocycles. The van der Waals surface area contributed by atoms with Crippen molar-refractivity contribution in [1.82, 2.24) is 19.5 Å². The number of carbonyl (C=O) groups excluding carboxylic acids is 1. The van der Waals surface area contributed by atoms with Crippen molar-refractivity contribution in [3.8, 4) is 17.1 Å². The molecule has 1 amide bonds. The highest BCUT2D eigenvalue weighted by Crippen LogP contribution is 2.30. The molecule has 0 bridgehead atoms. The maximum atomic E-state index is 14.0. The van der Waals surface area contributed by atoms with Crippen molar-refractivity contribution < 1.29 is 18.3 Å². The first kappa shape index (κ1) is 22.8. The van der Waals surface area contributed by atoms with E-state index in [-0.39, 0.29) is 18.3 Å². The zero-order chi connectivity index (χ0) is 24.4. The lowest BCUT2D eigenvalue weighted by Gasteiger charge is -2.27. The van der Waals surface area contributed by atoms with Crippen LogP contribution < -0.4 is 16.0 Å². The number of benzene rings is 2. The number of halogens is 2. The summed E-state index contributed by atoms with van der Waals surface area (Å²) in [6, 6.07) is 15.7. The molecule has 1 aliphatic heterocycles. The van der Waals surface area contributed by atoms with Crippen LogP contribution in [0.4, 0.5) is 20.4 Å². The van der Waals surface area contributed by atoms with Gasteiger partial charge in [0, 0.05) is 30.4 Å². The molecule has 4 aromatic rings. The van der Waals surface area contributed by atoms with E-state index in [1.807, 2.05) is 4.90 Å². The van der Waals surface area contributed by atoms with Crippen LogP contribution in [0.25, 0.3) is 28.1 Å². The fourth-order valence-corrected chi connectivity index (χ4v) is 3.96. The third-order valence-electron chi connectivity index (χ3n) is 5.66. The van der Waals surface area contributed by atoms with Crippen LogP contribution in [0.3, 0.4) is 0 Å². The molecule has 1 aliphatic rings. The Morgan fingerprint density at radius 1 is 1.06 bits per heavy atom. The Morgan fingerprint density at radius 2 is 1.80 bits per heavy atom. The van der Waals surface area contributed by atoms with E-state index in [2.05, 4.69) is 15.3 Å². The van der Waals surface area contributed by atoms with Gasteiger partial charge in [-0.3, -0.25) is 9.36 Å². The monoisotopic (exact) mass is 479 g/mol. The first-order valence-corrected chi connectivity index (χ1v) is 11.1. The molecule has 1 saturated heterocycles. The van der Waals surface area contributed by atoms with Crippen LogP contribution in [0.1, 0.15) is 12.2 Å². The molecule has 35 heavy (non-hydrogen) atoms. The predicted octanol–water partition coefficient (Wildman–Crippen LogP) is 3.15. The molecule has 5 rings (SSSR count). The fourth-order valence-electron chi connectivity index (χ4n) is 3.96. The standard InChI is InChI=1S/C24H23F2N7O2/c25-22(26)23-29-17-3-1-2-4-19(17)33(23)20-13-18(30-24(31-20)32-9-11-35-12-10-32)15-5-7-16(8-6-15)28-21(34)14-27/h1-8,13,22H,9-12,14,27H2,(H,28,34). The molecule has 2 aromatic carbocycles. The number of anilines is 2. The Labute approximate surface area is 199 Å². The molecule has 0 unspecified atom stereocenters. The molecule has 11 heteroatoms.